The second-order valence-corrected chi connectivity index (χ2v) is 6.72. The van der Waals surface area contributed by atoms with Crippen molar-refractivity contribution in [1.29, 1.82) is 0 Å². The molecule has 21 heavy (non-hydrogen) atoms. The molecule has 0 radical (unpaired) electrons. The van der Waals surface area contributed by atoms with Gasteiger partial charge >= 0.3 is 5.97 Å². The van der Waals surface area contributed by atoms with Crippen molar-refractivity contribution in [2.45, 2.75) is 60.9 Å². The first-order valence-electron chi connectivity index (χ1n) is 7.45. The predicted octanol–water partition coefficient (Wildman–Crippen LogP) is 3.82. The van der Waals surface area contributed by atoms with Crippen molar-refractivity contribution in [2.24, 2.45) is 11.1 Å². The third-order valence-electron chi connectivity index (χ3n) is 4.90. The Morgan fingerprint density at radius 2 is 1.38 bits per heavy atom. The summed E-state index contributed by atoms with van der Waals surface area (Å²) >= 11 is 0. The lowest BCUT2D eigenvalue weighted by molar-refractivity contribution is -0.151. The second kappa shape index (κ2) is 6.18. The normalized spacial score (nSPS) is 13.2. The highest BCUT2D eigenvalue weighted by Crippen LogP contribution is 2.35. The molecule has 0 bridgehead atoms. The molecule has 3 heteroatoms. The van der Waals surface area contributed by atoms with Gasteiger partial charge in [0.2, 0.25) is 0 Å². The minimum Gasteiger partial charge on any atom is -0.469 e. The van der Waals surface area contributed by atoms with Crippen LogP contribution in [0, 0.1) is 40.0 Å². The summed E-state index contributed by atoms with van der Waals surface area (Å²) in [5.41, 5.74) is 13.4. The Balaban J connectivity index is 3.26. The van der Waals surface area contributed by atoms with Gasteiger partial charge in [0.15, 0.2) is 0 Å². The highest BCUT2D eigenvalue weighted by atomic mass is 16.5. The molecule has 0 heterocycles. The third-order valence-corrected chi connectivity index (χ3v) is 4.90. The largest absolute Gasteiger partial charge is 0.469 e. The van der Waals surface area contributed by atoms with Crippen LogP contribution in [0.4, 0.5) is 0 Å². The van der Waals surface area contributed by atoms with Crippen LogP contribution in [0.25, 0.3) is 0 Å². The minimum atomic E-state index is -0.584. The van der Waals surface area contributed by atoms with Crippen molar-refractivity contribution >= 4 is 5.97 Å². The molecule has 118 valence electrons. The van der Waals surface area contributed by atoms with Crippen molar-refractivity contribution in [1.82, 2.24) is 0 Å². The Bertz CT molecular complexity index is 530. The van der Waals surface area contributed by atoms with Gasteiger partial charge in [-0.3, -0.25) is 4.79 Å². The van der Waals surface area contributed by atoms with Gasteiger partial charge in [-0.15, -0.1) is 0 Å². The van der Waals surface area contributed by atoms with E-state index >= 15 is 0 Å². The zero-order valence-corrected chi connectivity index (χ0v) is 14.7. The number of rotatable bonds is 4. The standard InChI is InChI=1S/C18H29NO2/c1-10-11(2)13(4)16(14(5)12(10)3)15(19)9-18(6,7)17(20)21-8/h15H,9,19H2,1-8H3. The molecule has 1 aromatic carbocycles. The molecule has 0 saturated heterocycles. The monoisotopic (exact) mass is 291 g/mol. The molecule has 1 unspecified atom stereocenters. The summed E-state index contributed by atoms with van der Waals surface area (Å²) in [6, 6.07) is -0.169. The number of hydrogen-bond acceptors (Lipinski definition) is 3. The number of benzene rings is 1. The van der Waals surface area contributed by atoms with Crippen LogP contribution in [0.2, 0.25) is 0 Å². The molecule has 0 spiro atoms. The summed E-state index contributed by atoms with van der Waals surface area (Å²) in [6.07, 6.45) is 0.573. The number of ether oxygens (including phenoxy) is 1. The number of hydrogen-bond donors (Lipinski definition) is 1. The van der Waals surface area contributed by atoms with E-state index in [1.54, 1.807) is 0 Å². The van der Waals surface area contributed by atoms with Gasteiger partial charge < -0.3 is 10.5 Å². The molecule has 0 aliphatic heterocycles. The molecule has 0 fully saturated rings. The topological polar surface area (TPSA) is 52.3 Å². The highest BCUT2D eigenvalue weighted by molar-refractivity contribution is 5.75. The molecule has 0 aliphatic rings. The highest BCUT2D eigenvalue weighted by Gasteiger charge is 2.32. The van der Waals surface area contributed by atoms with Crippen molar-refractivity contribution in [2.75, 3.05) is 7.11 Å². The molecular formula is C18H29NO2. The molecule has 0 amide bonds. The summed E-state index contributed by atoms with van der Waals surface area (Å²) in [5.74, 6) is -0.214. The van der Waals surface area contributed by atoms with E-state index in [1.807, 2.05) is 13.8 Å². The van der Waals surface area contributed by atoms with Crippen LogP contribution in [0.15, 0.2) is 0 Å². The lowest BCUT2D eigenvalue weighted by Gasteiger charge is -2.29. The fourth-order valence-corrected chi connectivity index (χ4v) is 3.10. The zero-order chi connectivity index (χ0) is 16.5. The molecule has 0 saturated carbocycles. The summed E-state index contributed by atoms with van der Waals surface area (Å²) < 4.78 is 4.88. The number of esters is 1. The fraction of sp³-hybridized carbons (Fsp3) is 0.611. The van der Waals surface area contributed by atoms with E-state index in [2.05, 4.69) is 34.6 Å². The molecule has 1 atom stereocenters. The molecule has 1 rings (SSSR count). The summed E-state index contributed by atoms with van der Waals surface area (Å²) in [4.78, 5) is 11.9. The van der Waals surface area contributed by atoms with Gasteiger partial charge in [-0.1, -0.05) is 0 Å². The van der Waals surface area contributed by atoms with E-state index < -0.39 is 5.41 Å². The van der Waals surface area contributed by atoms with Gasteiger partial charge in [-0.05, 0) is 88.3 Å². The van der Waals surface area contributed by atoms with Gasteiger partial charge in [0.05, 0.1) is 12.5 Å². The maximum Gasteiger partial charge on any atom is 0.311 e. The van der Waals surface area contributed by atoms with Crippen molar-refractivity contribution in [3.05, 3.63) is 33.4 Å². The average molecular weight is 291 g/mol. The quantitative estimate of drug-likeness (QED) is 0.858. The van der Waals surface area contributed by atoms with Gasteiger partial charge in [0.25, 0.3) is 0 Å². The first-order chi connectivity index (χ1) is 9.54. The van der Waals surface area contributed by atoms with Gasteiger partial charge in [0, 0.05) is 6.04 Å². The van der Waals surface area contributed by atoms with Crippen molar-refractivity contribution in [3.63, 3.8) is 0 Å². The third kappa shape index (κ3) is 3.29. The molecule has 0 aromatic heterocycles. The van der Waals surface area contributed by atoms with Crippen LogP contribution >= 0.6 is 0 Å². The molecule has 2 N–H and O–H groups in total. The SMILES string of the molecule is COC(=O)C(C)(C)CC(N)c1c(C)c(C)c(C)c(C)c1C. The number of nitrogens with two attached hydrogens (primary N) is 1. The zero-order valence-electron chi connectivity index (χ0n) is 14.7. The van der Waals surface area contributed by atoms with Crippen LogP contribution in [0.1, 0.15) is 59.7 Å². The Morgan fingerprint density at radius 1 is 1.00 bits per heavy atom. The Labute approximate surface area is 128 Å². The van der Waals surface area contributed by atoms with Crippen LogP contribution in [0.3, 0.4) is 0 Å². The Hall–Kier alpha value is -1.35. The van der Waals surface area contributed by atoms with E-state index in [1.165, 1.54) is 40.5 Å². The number of carbonyl (C=O) groups excluding carboxylic acids is 1. The maximum atomic E-state index is 11.9. The fourth-order valence-electron chi connectivity index (χ4n) is 3.10. The van der Waals surface area contributed by atoms with Crippen LogP contribution in [-0.2, 0) is 9.53 Å². The van der Waals surface area contributed by atoms with E-state index in [0.717, 1.165) is 0 Å². The average Bonchev–Trinajstić information content (AvgIpc) is 2.41. The summed E-state index contributed by atoms with van der Waals surface area (Å²) in [7, 11) is 1.42. The second-order valence-electron chi connectivity index (χ2n) is 6.72. The van der Waals surface area contributed by atoms with Crippen LogP contribution in [-0.4, -0.2) is 13.1 Å². The Kier molecular flexibility index (Phi) is 5.21. The summed E-state index contributed by atoms with van der Waals surface area (Å²) in [6.45, 7) is 14.4. The predicted molar refractivity (Wildman–Crippen MR) is 87.5 cm³/mol. The van der Waals surface area contributed by atoms with E-state index in [0.29, 0.717) is 6.42 Å². The lowest BCUT2D eigenvalue weighted by Crippen LogP contribution is -2.31. The Morgan fingerprint density at radius 3 is 1.76 bits per heavy atom. The lowest BCUT2D eigenvalue weighted by atomic mass is 9.79. The smallest absolute Gasteiger partial charge is 0.311 e. The number of carbonyl (C=O) groups is 1. The van der Waals surface area contributed by atoms with Gasteiger partial charge in [-0.25, -0.2) is 0 Å². The van der Waals surface area contributed by atoms with E-state index in [4.69, 9.17) is 10.5 Å². The van der Waals surface area contributed by atoms with Crippen molar-refractivity contribution < 1.29 is 9.53 Å². The molecule has 0 aliphatic carbocycles. The number of methoxy groups -OCH3 is 1. The summed E-state index contributed by atoms with van der Waals surface area (Å²) in [5, 5.41) is 0. The van der Waals surface area contributed by atoms with Gasteiger partial charge in [-0.2, -0.15) is 0 Å². The van der Waals surface area contributed by atoms with Crippen LogP contribution in [0.5, 0.6) is 0 Å². The maximum absolute atomic E-state index is 11.9. The van der Waals surface area contributed by atoms with E-state index in [-0.39, 0.29) is 12.0 Å². The molecular weight excluding hydrogens is 262 g/mol. The first kappa shape index (κ1) is 17.7. The molecule has 1 aromatic rings. The van der Waals surface area contributed by atoms with Crippen molar-refractivity contribution in [3.8, 4) is 0 Å². The minimum absolute atomic E-state index is 0.169. The first-order valence-corrected chi connectivity index (χ1v) is 7.45. The van der Waals surface area contributed by atoms with Crippen LogP contribution < -0.4 is 5.73 Å². The molecule has 3 nitrogen and oxygen atoms in total. The van der Waals surface area contributed by atoms with E-state index in [9.17, 15) is 4.79 Å². The van der Waals surface area contributed by atoms with Gasteiger partial charge in [0.1, 0.15) is 0 Å².